The Morgan fingerprint density at radius 1 is 1.09 bits per heavy atom. The largest absolute Gasteiger partial charge is 0.494 e. The number of hydrogen-bond donors (Lipinski definition) is 1. The van der Waals surface area contributed by atoms with E-state index in [1.165, 1.54) is 16.0 Å². The smallest absolute Gasteiger partial charge is 0.417 e. The van der Waals surface area contributed by atoms with Gasteiger partial charge >= 0.3 is 16.7 Å². The van der Waals surface area contributed by atoms with Crippen LogP contribution < -0.4 is 15.2 Å². The second-order valence-electron chi connectivity index (χ2n) is 8.12. The molecular weight excluding hydrogens is 471 g/mol. The van der Waals surface area contributed by atoms with E-state index in [1.807, 2.05) is 13.8 Å². The van der Waals surface area contributed by atoms with E-state index in [9.17, 15) is 27.9 Å². The van der Waals surface area contributed by atoms with Crippen LogP contribution in [-0.4, -0.2) is 16.3 Å². The lowest BCUT2D eigenvalue weighted by molar-refractivity contribution is -0.136. The molecule has 0 unspecified atom stereocenters. The van der Waals surface area contributed by atoms with E-state index in [2.05, 4.69) is 0 Å². The minimum Gasteiger partial charge on any atom is -0.494 e. The molecule has 0 aliphatic heterocycles. The number of alkyl halides is 3. The molecule has 0 fully saturated rings. The molecule has 3 aromatic rings. The average Bonchev–Trinajstić information content (AvgIpc) is 3.09. The van der Waals surface area contributed by atoms with E-state index in [-0.39, 0.29) is 21.7 Å². The topological polar surface area (TPSA) is 81.7 Å². The van der Waals surface area contributed by atoms with Crippen molar-refractivity contribution < 1.29 is 27.4 Å². The van der Waals surface area contributed by atoms with Crippen LogP contribution in [0, 0.1) is 0 Å². The van der Waals surface area contributed by atoms with Crippen LogP contribution in [0.3, 0.4) is 0 Å². The van der Waals surface area contributed by atoms with Gasteiger partial charge in [-0.2, -0.15) is 13.2 Å². The Morgan fingerprint density at radius 2 is 1.82 bits per heavy atom. The highest BCUT2D eigenvalue weighted by Gasteiger charge is 2.35. The summed E-state index contributed by atoms with van der Waals surface area (Å²) in [5.74, 6) is 0.445. The highest BCUT2D eigenvalue weighted by atomic mass is 32.1. The summed E-state index contributed by atoms with van der Waals surface area (Å²) in [6.45, 7) is 4.56. The predicted molar refractivity (Wildman–Crippen MR) is 125 cm³/mol. The van der Waals surface area contributed by atoms with Gasteiger partial charge in [0.25, 0.3) is 0 Å². The summed E-state index contributed by atoms with van der Waals surface area (Å²) in [5.41, 5.74) is -0.956. The number of hydrogen-bond acceptors (Lipinski definition) is 6. The fourth-order valence-corrected chi connectivity index (χ4v) is 4.65. The van der Waals surface area contributed by atoms with Gasteiger partial charge in [0.15, 0.2) is 0 Å². The maximum absolute atomic E-state index is 13.7. The minimum absolute atomic E-state index is 0.0458. The van der Waals surface area contributed by atoms with Gasteiger partial charge in [0.2, 0.25) is 5.88 Å². The number of aromatic nitrogens is 1. The zero-order valence-electron chi connectivity index (χ0n) is 19.2. The Kier molecular flexibility index (Phi) is 8.46. The lowest BCUT2D eigenvalue weighted by Gasteiger charge is -2.19. The maximum atomic E-state index is 13.7. The van der Waals surface area contributed by atoms with Crippen molar-refractivity contribution in [1.82, 2.24) is 4.57 Å². The number of thiazole rings is 1. The molecule has 1 aromatic carbocycles. The highest BCUT2D eigenvalue weighted by Crippen LogP contribution is 2.40. The summed E-state index contributed by atoms with van der Waals surface area (Å²) in [4.78, 5) is 23.4. The van der Waals surface area contributed by atoms with Crippen LogP contribution in [0.5, 0.6) is 11.6 Å². The van der Waals surface area contributed by atoms with Crippen LogP contribution in [-0.2, 0) is 25.6 Å². The molecule has 34 heavy (non-hydrogen) atoms. The van der Waals surface area contributed by atoms with Gasteiger partial charge in [0, 0.05) is 23.6 Å². The van der Waals surface area contributed by atoms with Crippen LogP contribution in [0.25, 0.3) is 11.0 Å². The van der Waals surface area contributed by atoms with Crippen molar-refractivity contribution >= 4 is 22.3 Å². The van der Waals surface area contributed by atoms with Crippen molar-refractivity contribution in [3.63, 3.8) is 0 Å². The quantitative estimate of drug-likeness (QED) is 0.263. The number of aromatic hydroxyl groups is 1. The molecule has 186 valence electrons. The monoisotopic (exact) mass is 499 g/mol. The van der Waals surface area contributed by atoms with Crippen molar-refractivity contribution in [3.05, 3.63) is 54.3 Å². The van der Waals surface area contributed by atoms with Gasteiger partial charge in [-0.3, -0.25) is 9.36 Å². The summed E-state index contributed by atoms with van der Waals surface area (Å²) in [7, 11) is 0. The fraction of sp³-hybridized carbons (Fsp3) is 0.500. The van der Waals surface area contributed by atoms with Gasteiger partial charge in [0.05, 0.1) is 17.6 Å². The summed E-state index contributed by atoms with van der Waals surface area (Å²) in [5, 5.41) is 11.0. The average molecular weight is 500 g/mol. The zero-order chi connectivity index (χ0) is 24.9. The molecule has 2 aromatic heterocycles. The van der Waals surface area contributed by atoms with E-state index in [0.29, 0.717) is 74.6 Å². The van der Waals surface area contributed by atoms with Crippen LogP contribution >= 0.6 is 11.3 Å². The molecule has 0 radical (unpaired) electrons. The van der Waals surface area contributed by atoms with Crippen molar-refractivity contribution in [1.29, 1.82) is 0 Å². The van der Waals surface area contributed by atoms with E-state index >= 15 is 0 Å². The maximum Gasteiger partial charge on any atom is 0.417 e. The van der Waals surface area contributed by atoms with Crippen LogP contribution in [0.2, 0.25) is 0 Å². The van der Waals surface area contributed by atoms with Crippen molar-refractivity contribution in [2.75, 3.05) is 6.61 Å². The first kappa shape index (κ1) is 25.9. The first-order chi connectivity index (χ1) is 16.2. The van der Waals surface area contributed by atoms with Crippen LogP contribution in [0.1, 0.15) is 62.6 Å². The van der Waals surface area contributed by atoms with Gasteiger partial charge in [-0.15, -0.1) is 0 Å². The number of rotatable bonds is 11. The van der Waals surface area contributed by atoms with Crippen LogP contribution in [0.15, 0.2) is 31.5 Å². The number of ether oxygens (including phenoxy) is 1. The Hall–Kier alpha value is -2.75. The first-order valence-electron chi connectivity index (χ1n) is 11.4. The van der Waals surface area contributed by atoms with E-state index < -0.39 is 17.4 Å². The highest BCUT2D eigenvalue weighted by molar-refractivity contribution is 7.07. The molecular formula is C24H28F3NO5S. The molecule has 0 saturated carbocycles. The first-order valence-corrected chi connectivity index (χ1v) is 12.2. The lowest BCUT2D eigenvalue weighted by Crippen LogP contribution is -2.13. The fourth-order valence-electron chi connectivity index (χ4n) is 4.01. The molecule has 0 bridgehead atoms. The van der Waals surface area contributed by atoms with E-state index in [1.54, 1.807) is 0 Å². The molecule has 0 aliphatic carbocycles. The predicted octanol–water partition coefficient (Wildman–Crippen LogP) is 5.89. The Labute approximate surface area is 198 Å². The molecule has 10 heteroatoms. The van der Waals surface area contributed by atoms with E-state index in [4.69, 9.17) is 9.15 Å². The summed E-state index contributed by atoms with van der Waals surface area (Å²) in [6.07, 6.45) is -0.339. The van der Waals surface area contributed by atoms with Crippen LogP contribution in [0.4, 0.5) is 13.2 Å². The Balaban J connectivity index is 1.85. The number of nitrogens with zero attached hydrogens (tertiary/aromatic N) is 1. The lowest BCUT2D eigenvalue weighted by atomic mass is 9.96. The number of aryl methyl sites for hydroxylation is 2. The molecule has 2 heterocycles. The standard InChI is InChI=1S/C24H28F3NO5S/c1-3-8-15-12-17-18(24(25,26)27)13-20(30)33-22(17)16(9-4-2)21(15)32-11-7-5-6-10-28-19(29)14-34-23(28)31/h12-14,29H,3-11H2,1-2H3. The SMILES string of the molecule is CCCc1cc2c(C(F)(F)F)cc(=O)oc2c(CCC)c1OCCCCCn1c(O)csc1=O. The van der Waals surface area contributed by atoms with Crippen molar-refractivity contribution in [3.8, 4) is 11.6 Å². The molecule has 6 nitrogen and oxygen atoms in total. The van der Waals surface area contributed by atoms with E-state index in [0.717, 1.165) is 17.8 Å². The molecule has 0 aliphatic rings. The van der Waals surface area contributed by atoms with Gasteiger partial charge < -0.3 is 14.3 Å². The minimum atomic E-state index is -4.68. The summed E-state index contributed by atoms with van der Waals surface area (Å²) in [6, 6.07) is 1.94. The molecule has 1 N–H and O–H groups in total. The third kappa shape index (κ3) is 5.84. The Bertz CT molecular complexity index is 1240. The van der Waals surface area contributed by atoms with Gasteiger partial charge in [-0.1, -0.05) is 38.0 Å². The number of halogens is 3. The Morgan fingerprint density at radius 3 is 2.44 bits per heavy atom. The second-order valence-corrected chi connectivity index (χ2v) is 8.94. The molecule has 0 atom stereocenters. The third-order valence-corrected chi connectivity index (χ3v) is 6.27. The second kappa shape index (κ2) is 11.1. The summed E-state index contributed by atoms with van der Waals surface area (Å²) < 4.78 is 53.6. The number of unbranched alkanes of at least 4 members (excludes halogenated alkanes) is 2. The van der Waals surface area contributed by atoms with Crippen molar-refractivity contribution in [2.24, 2.45) is 0 Å². The third-order valence-electron chi connectivity index (χ3n) is 5.52. The summed E-state index contributed by atoms with van der Waals surface area (Å²) >= 11 is 0.944. The van der Waals surface area contributed by atoms with Crippen molar-refractivity contribution in [2.45, 2.75) is 71.5 Å². The zero-order valence-corrected chi connectivity index (χ0v) is 20.0. The molecule has 0 saturated heterocycles. The van der Waals surface area contributed by atoms with Gasteiger partial charge in [-0.05, 0) is 43.7 Å². The molecule has 3 rings (SSSR count). The number of benzene rings is 1. The molecule has 0 spiro atoms. The van der Waals surface area contributed by atoms with Gasteiger partial charge in [-0.25, -0.2) is 4.79 Å². The normalized spacial score (nSPS) is 11.9. The van der Waals surface area contributed by atoms with Gasteiger partial charge in [0.1, 0.15) is 11.3 Å². The molecule has 0 amide bonds. The number of fused-ring (bicyclic) bond motifs is 1.